The summed E-state index contributed by atoms with van der Waals surface area (Å²) in [4.78, 5) is 23.8. The fraction of sp³-hybridized carbons (Fsp3) is 0.182. The van der Waals surface area contributed by atoms with Gasteiger partial charge in [0.15, 0.2) is 11.5 Å². The smallest absolute Gasteiger partial charge is 0.181 e. The number of hydrogen-bond acceptors (Lipinski definition) is 8. The Hall–Kier alpha value is -2.26. The maximum atomic E-state index is 5.76. The van der Waals surface area contributed by atoms with Crippen LogP contribution in [0.3, 0.4) is 0 Å². The van der Waals surface area contributed by atoms with E-state index in [-0.39, 0.29) is 0 Å². The average Bonchev–Trinajstić information content (AvgIpc) is 2.88. The van der Waals surface area contributed by atoms with Gasteiger partial charge >= 0.3 is 0 Å². The van der Waals surface area contributed by atoms with Gasteiger partial charge in [0.05, 0.1) is 6.33 Å². The number of hydrogen-bond donors (Lipinski definition) is 2. The van der Waals surface area contributed by atoms with Crippen molar-refractivity contribution in [1.29, 1.82) is 0 Å². The molecule has 0 aromatic carbocycles. The Balaban J connectivity index is 1.96. The number of nitrogens with one attached hydrogen (secondary N) is 1. The van der Waals surface area contributed by atoms with Gasteiger partial charge < -0.3 is 15.5 Å². The van der Waals surface area contributed by atoms with Crippen LogP contribution >= 0.6 is 11.8 Å². The highest BCUT2D eigenvalue weighted by molar-refractivity contribution is 7.99. The third kappa shape index (κ3) is 2.53. The lowest BCUT2D eigenvalue weighted by atomic mass is 10.5. The number of imidazole rings is 1. The highest BCUT2D eigenvalue weighted by atomic mass is 32.2. The van der Waals surface area contributed by atoms with Crippen LogP contribution in [0.5, 0.6) is 0 Å². The summed E-state index contributed by atoms with van der Waals surface area (Å²) in [7, 11) is 1.58. The second kappa shape index (κ2) is 5.39. The molecule has 3 aromatic rings. The quantitative estimate of drug-likeness (QED) is 0.684. The molecule has 0 amide bonds. The van der Waals surface area contributed by atoms with Gasteiger partial charge in [-0.25, -0.2) is 24.9 Å². The molecule has 9 heteroatoms. The summed E-state index contributed by atoms with van der Waals surface area (Å²) in [5.74, 6) is 0.925. The van der Waals surface area contributed by atoms with Gasteiger partial charge in [0.25, 0.3) is 0 Å². The third-order valence-electron chi connectivity index (χ3n) is 2.43. The lowest BCUT2D eigenvalue weighted by molar-refractivity contribution is 0.177. The zero-order valence-corrected chi connectivity index (χ0v) is 11.4. The first-order valence-electron chi connectivity index (χ1n) is 5.70. The number of aromatic amines is 1. The summed E-state index contributed by atoms with van der Waals surface area (Å²) in [5.41, 5.74) is 7.14. The minimum atomic E-state index is 0.307. The molecule has 0 saturated carbocycles. The van der Waals surface area contributed by atoms with Crippen LogP contribution in [-0.4, -0.2) is 37.0 Å². The number of fused-ring (bicyclic) bond motifs is 1. The fourth-order valence-corrected chi connectivity index (χ4v) is 2.54. The van der Waals surface area contributed by atoms with E-state index in [9.17, 15) is 0 Å². The first-order chi connectivity index (χ1) is 9.76. The third-order valence-corrected chi connectivity index (χ3v) is 3.35. The average molecular weight is 289 g/mol. The summed E-state index contributed by atoms with van der Waals surface area (Å²) in [6, 6.07) is 1.69. The van der Waals surface area contributed by atoms with Gasteiger partial charge in [0.2, 0.25) is 0 Å². The normalized spacial score (nSPS) is 11.1. The van der Waals surface area contributed by atoms with Crippen LogP contribution in [-0.2, 0) is 11.3 Å². The molecule has 20 heavy (non-hydrogen) atoms. The Bertz CT molecular complexity index is 744. The lowest BCUT2D eigenvalue weighted by Gasteiger charge is -2.04. The number of H-pyrrole nitrogens is 1. The Morgan fingerprint density at radius 3 is 3.05 bits per heavy atom. The van der Waals surface area contributed by atoms with E-state index in [0.29, 0.717) is 28.9 Å². The molecule has 0 aliphatic heterocycles. The molecule has 0 fully saturated rings. The van der Waals surface area contributed by atoms with Gasteiger partial charge in [-0.05, 0) is 11.8 Å². The molecule has 0 bridgehead atoms. The Morgan fingerprint density at radius 1 is 1.30 bits per heavy atom. The Kier molecular flexibility index (Phi) is 3.44. The molecule has 0 unspecified atom stereocenters. The number of nitrogens with two attached hydrogens (primary N) is 1. The van der Waals surface area contributed by atoms with Crippen LogP contribution in [0.15, 0.2) is 28.8 Å². The van der Waals surface area contributed by atoms with Gasteiger partial charge in [-0.3, -0.25) is 0 Å². The number of nitrogens with zero attached hydrogens (tertiary/aromatic N) is 5. The van der Waals surface area contributed by atoms with E-state index in [4.69, 9.17) is 10.5 Å². The fourth-order valence-electron chi connectivity index (χ4n) is 1.66. The zero-order valence-electron chi connectivity index (χ0n) is 10.6. The van der Waals surface area contributed by atoms with E-state index < -0.39 is 0 Å². The minimum Gasteiger partial charge on any atom is -0.384 e. The largest absolute Gasteiger partial charge is 0.384 e. The highest BCUT2D eigenvalue weighted by Crippen LogP contribution is 2.28. The number of rotatable bonds is 4. The van der Waals surface area contributed by atoms with Crippen molar-refractivity contribution in [3.8, 4) is 0 Å². The van der Waals surface area contributed by atoms with Crippen molar-refractivity contribution in [1.82, 2.24) is 29.9 Å². The summed E-state index contributed by atoms with van der Waals surface area (Å²) >= 11 is 1.37. The maximum Gasteiger partial charge on any atom is 0.181 e. The molecule has 0 radical (unpaired) electrons. The molecule has 0 saturated heterocycles. The monoisotopic (exact) mass is 289 g/mol. The Labute approximate surface area is 118 Å². The first kappa shape index (κ1) is 12.8. The molecule has 102 valence electrons. The van der Waals surface area contributed by atoms with Gasteiger partial charge in [-0.2, -0.15) is 0 Å². The molecular formula is C11H11N7OS. The molecule has 0 atom stereocenters. The zero-order chi connectivity index (χ0) is 13.9. The van der Waals surface area contributed by atoms with Crippen molar-refractivity contribution in [2.24, 2.45) is 0 Å². The molecule has 8 nitrogen and oxygen atoms in total. The summed E-state index contributed by atoms with van der Waals surface area (Å²) < 4.78 is 5.01. The number of ether oxygens (including phenoxy) is 1. The van der Waals surface area contributed by atoms with Crippen molar-refractivity contribution in [2.45, 2.75) is 16.7 Å². The van der Waals surface area contributed by atoms with Gasteiger partial charge in [-0.15, -0.1) is 0 Å². The second-order valence-electron chi connectivity index (χ2n) is 3.86. The van der Waals surface area contributed by atoms with Crippen LogP contribution in [0, 0.1) is 0 Å². The summed E-state index contributed by atoms with van der Waals surface area (Å²) in [6.07, 6.45) is 3.04. The van der Waals surface area contributed by atoms with Gasteiger partial charge in [0, 0.05) is 13.2 Å². The van der Waals surface area contributed by atoms with Crippen LogP contribution in [0.2, 0.25) is 0 Å². The summed E-state index contributed by atoms with van der Waals surface area (Å²) in [5, 5.41) is 1.42. The van der Waals surface area contributed by atoms with Crippen molar-refractivity contribution >= 4 is 28.7 Å². The van der Waals surface area contributed by atoms with Gasteiger partial charge in [0.1, 0.15) is 34.3 Å². The van der Waals surface area contributed by atoms with Gasteiger partial charge in [-0.1, -0.05) is 0 Å². The predicted octanol–water partition coefficient (Wildman–Crippen LogP) is 1.02. The predicted molar refractivity (Wildman–Crippen MR) is 73.0 cm³/mol. The molecule has 3 heterocycles. The highest BCUT2D eigenvalue weighted by Gasteiger charge is 2.10. The maximum absolute atomic E-state index is 5.76. The number of methoxy groups -OCH3 is 1. The first-order valence-corrected chi connectivity index (χ1v) is 6.52. The van der Waals surface area contributed by atoms with E-state index in [1.807, 2.05) is 0 Å². The minimum absolute atomic E-state index is 0.307. The van der Waals surface area contributed by atoms with Crippen molar-refractivity contribution in [3.05, 3.63) is 24.5 Å². The molecule has 3 aromatic heterocycles. The SMILES string of the molecule is COCc1nc(N)cc(Sc2ncnc3nc[nH]c23)n1. The molecule has 0 aliphatic carbocycles. The lowest BCUT2D eigenvalue weighted by Crippen LogP contribution is -2.02. The van der Waals surface area contributed by atoms with Crippen molar-refractivity contribution in [2.75, 3.05) is 12.8 Å². The van der Waals surface area contributed by atoms with Crippen LogP contribution in [0.4, 0.5) is 5.82 Å². The van der Waals surface area contributed by atoms with Crippen molar-refractivity contribution in [3.63, 3.8) is 0 Å². The van der Waals surface area contributed by atoms with Crippen LogP contribution in [0.1, 0.15) is 5.82 Å². The topological polar surface area (TPSA) is 115 Å². The number of aromatic nitrogens is 6. The standard InChI is InChI=1S/C11H11N7OS/c1-19-3-7-17-6(12)2-8(18-7)20-11-9-10(14-4-13-9)15-5-16-11/h2,4-5H,3H2,1H3,(H2,12,17,18)(H,13,14,15,16). The number of nitrogen functional groups attached to an aromatic ring is 1. The van der Waals surface area contributed by atoms with E-state index in [2.05, 4.69) is 29.9 Å². The molecular weight excluding hydrogens is 278 g/mol. The van der Waals surface area contributed by atoms with E-state index in [1.165, 1.54) is 18.1 Å². The van der Waals surface area contributed by atoms with Crippen LogP contribution in [0.25, 0.3) is 11.2 Å². The van der Waals surface area contributed by atoms with Crippen molar-refractivity contribution < 1.29 is 4.74 Å². The second-order valence-corrected chi connectivity index (χ2v) is 4.87. The number of anilines is 1. The summed E-state index contributed by atoms with van der Waals surface area (Å²) in [6.45, 7) is 0.307. The van der Waals surface area contributed by atoms with Crippen LogP contribution < -0.4 is 5.73 Å². The molecule has 0 aliphatic rings. The Morgan fingerprint density at radius 2 is 2.20 bits per heavy atom. The van der Waals surface area contributed by atoms with E-state index >= 15 is 0 Å². The molecule has 0 spiro atoms. The van der Waals surface area contributed by atoms with E-state index in [0.717, 1.165) is 10.5 Å². The molecule has 3 rings (SSSR count). The van der Waals surface area contributed by atoms with E-state index in [1.54, 1.807) is 19.5 Å². The molecule has 3 N–H and O–H groups in total.